The van der Waals surface area contributed by atoms with Crippen molar-refractivity contribution in [2.75, 3.05) is 7.05 Å². The lowest BCUT2D eigenvalue weighted by molar-refractivity contribution is 0.218. The number of nitrogens with one attached hydrogen (secondary N) is 1. The summed E-state index contributed by atoms with van der Waals surface area (Å²) in [6.07, 6.45) is 6.82. The summed E-state index contributed by atoms with van der Waals surface area (Å²) in [6, 6.07) is 0.492. The number of nitrogens with zero attached hydrogens (tertiary/aromatic N) is 2. The molecule has 1 saturated carbocycles. The van der Waals surface area contributed by atoms with E-state index in [-0.39, 0.29) is 0 Å². The average molecular weight is 265 g/mol. The van der Waals surface area contributed by atoms with Crippen LogP contribution in [-0.4, -0.2) is 23.2 Å². The highest BCUT2D eigenvalue weighted by molar-refractivity contribution is 4.99. The predicted molar refractivity (Wildman–Crippen MR) is 76.1 cm³/mol. The smallest absolute Gasteiger partial charge is 0.226 e. The van der Waals surface area contributed by atoms with Crippen molar-refractivity contribution < 1.29 is 4.52 Å². The summed E-state index contributed by atoms with van der Waals surface area (Å²) >= 11 is 0. The zero-order valence-corrected chi connectivity index (χ0v) is 12.7. The second kappa shape index (κ2) is 6.04. The van der Waals surface area contributed by atoms with Crippen LogP contribution in [0.25, 0.3) is 0 Å². The fraction of sp³-hybridized carbons (Fsp3) is 0.867. The molecule has 1 N–H and O–H groups in total. The largest absolute Gasteiger partial charge is 0.339 e. The summed E-state index contributed by atoms with van der Waals surface area (Å²) in [5.74, 6) is 2.23. The summed E-state index contributed by atoms with van der Waals surface area (Å²) in [5.41, 5.74) is 0.491. The van der Waals surface area contributed by atoms with Crippen LogP contribution in [0.3, 0.4) is 0 Å². The summed E-state index contributed by atoms with van der Waals surface area (Å²) in [7, 11) is 1.98. The third kappa shape index (κ3) is 4.03. The van der Waals surface area contributed by atoms with Gasteiger partial charge in [0, 0.05) is 18.4 Å². The maximum atomic E-state index is 5.38. The topological polar surface area (TPSA) is 51.0 Å². The second-order valence-corrected chi connectivity index (χ2v) is 6.71. The van der Waals surface area contributed by atoms with Crippen molar-refractivity contribution in [1.29, 1.82) is 0 Å². The Bertz CT molecular complexity index is 390. The van der Waals surface area contributed by atoms with Gasteiger partial charge in [0.05, 0.1) is 0 Å². The fourth-order valence-electron chi connectivity index (χ4n) is 2.68. The van der Waals surface area contributed by atoms with E-state index in [1.54, 1.807) is 0 Å². The highest BCUT2D eigenvalue weighted by Crippen LogP contribution is 2.41. The van der Waals surface area contributed by atoms with Gasteiger partial charge in [0.1, 0.15) is 0 Å². The molecule has 19 heavy (non-hydrogen) atoms. The molecule has 0 radical (unpaired) electrons. The molecule has 0 bridgehead atoms. The van der Waals surface area contributed by atoms with E-state index >= 15 is 0 Å². The van der Waals surface area contributed by atoms with Gasteiger partial charge in [0.25, 0.3) is 0 Å². The quantitative estimate of drug-likeness (QED) is 0.887. The van der Waals surface area contributed by atoms with Gasteiger partial charge in [-0.05, 0) is 51.5 Å². The number of rotatable bonds is 5. The van der Waals surface area contributed by atoms with Crippen LogP contribution in [0, 0.1) is 5.41 Å². The lowest BCUT2D eigenvalue weighted by Gasteiger charge is -2.32. The Balaban J connectivity index is 1.87. The van der Waals surface area contributed by atoms with Crippen molar-refractivity contribution in [3.8, 4) is 0 Å². The van der Waals surface area contributed by atoms with Crippen molar-refractivity contribution in [1.82, 2.24) is 15.5 Å². The summed E-state index contributed by atoms with van der Waals surface area (Å²) in [6.45, 7) is 6.87. The van der Waals surface area contributed by atoms with Gasteiger partial charge in [-0.25, -0.2) is 0 Å². The molecule has 0 amide bonds. The van der Waals surface area contributed by atoms with Gasteiger partial charge >= 0.3 is 0 Å². The molecular formula is C15H27N3O. The monoisotopic (exact) mass is 265 g/mol. The lowest BCUT2D eigenvalue weighted by Crippen LogP contribution is -2.21. The average Bonchev–Trinajstić information content (AvgIpc) is 2.84. The third-order valence-corrected chi connectivity index (χ3v) is 4.47. The first-order chi connectivity index (χ1) is 9.00. The molecule has 0 aliphatic heterocycles. The summed E-state index contributed by atoms with van der Waals surface area (Å²) in [5, 5.41) is 7.41. The minimum absolute atomic E-state index is 0.491. The SMILES string of the molecule is CNC(C)CCc1nc(C2CCC(C)(C)CC2)no1. The van der Waals surface area contributed by atoms with E-state index < -0.39 is 0 Å². The van der Waals surface area contributed by atoms with Crippen LogP contribution < -0.4 is 5.32 Å². The van der Waals surface area contributed by atoms with Gasteiger partial charge in [0.15, 0.2) is 5.82 Å². The zero-order chi connectivity index (χ0) is 13.9. The Labute approximate surface area is 116 Å². The standard InChI is InChI=1S/C15H27N3O/c1-11(16-4)5-6-13-17-14(18-19-13)12-7-9-15(2,3)10-8-12/h11-12,16H,5-10H2,1-4H3. The molecule has 4 nitrogen and oxygen atoms in total. The lowest BCUT2D eigenvalue weighted by atomic mass is 9.73. The molecule has 1 aromatic rings. The Morgan fingerprint density at radius 3 is 2.68 bits per heavy atom. The van der Waals surface area contributed by atoms with Crippen LogP contribution in [0.1, 0.15) is 70.5 Å². The zero-order valence-electron chi connectivity index (χ0n) is 12.7. The molecule has 1 aliphatic rings. The number of aryl methyl sites for hydroxylation is 1. The molecule has 1 heterocycles. The molecule has 2 rings (SSSR count). The maximum Gasteiger partial charge on any atom is 0.226 e. The third-order valence-electron chi connectivity index (χ3n) is 4.47. The first-order valence-corrected chi connectivity index (χ1v) is 7.50. The predicted octanol–water partition coefficient (Wildman–Crippen LogP) is 3.29. The molecule has 1 aromatic heterocycles. The van der Waals surface area contributed by atoms with E-state index in [4.69, 9.17) is 4.52 Å². The Morgan fingerprint density at radius 2 is 2.05 bits per heavy atom. The highest BCUT2D eigenvalue weighted by atomic mass is 16.5. The van der Waals surface area contributed by atoms with Gasteiger partial charge in [0.2, 0.25) is 5.89 Å². The van der Waals surface area contributed by atoms with Crippen molar-refractivity contribution in [3.63, 3.8) is 0 Å². The Hall–Kier alpha value is -0.900. The minimum atomic E-state index is 0.491. The van der Waals surface area contributed by atoms with Crippen molar-refractivity contribution >= 4 is 0 Å². The molecule has 1 aliphatic carbocycles. The van der Waals surface area contributed by atoms with Crippen LogP contribution in [0.4, 0.5) is 0 Å². The van der Waals surface area contributed by atoms with Crippen LogP contribution in [0.5, 0.6) is 0 Å². The Morgan fingerprint density at radius 1 is 1.37 bits per heavy atom. The molecule has 0 spiro atoms. The number of aromatic nitrogens is 2. The van der Waals surface area contributed by atoms with Gasteiger partial charge < -0.3 is 9.84 Å². The molecule has 0 aromatic carbocycles. The normalized spacial score (nSPS) is 21.5. The van der Waals surface area contributed by atoms with Crippen molar-refractivity contribution in [2.24, 2.45) is 5.41 Å². The van der Waals surface area contributed by atoms with Gasteiger partial charge in [-0.15, -0.1) is 0 Å². The number of hydrogen-bond acceptors (Lipinski definition) is 4. The van der Waals surface area contributed by atoms with Gasteiger partial charge in [-0.2, -0.15) is 4.98 Å². The Kier molecular flexibility index (Phi) is 4.61. The fourth-order valence-corrected chi connectivity index (χ4v) is 2.68. The van der Waals surface area contributed by atoms with E-state index in [0.717, 1.165) is 24.6 Å². The molecule has 4 heteroatoms. The van der Waals surface area contributed by atoms with E-state index in [9.17, 15) is 0 Å². The van der Waals surface area contributed by atoms with Crippen LogP contribution in [0.2, 0.25) is 0 Å². The molecule has 108 valence electrons. The number of hydrogen-bond donors (Lipinski definition) is 1. The second-order valence-electron chi connectivity index (χ2n) is 6.71. The minimum Gasteiger partial charge on any atom is -0.339 e. The molecular weight excluding hydrogens is 238 g/mol. The summed E-state index contributed by atoms with van der Waals surface area (Å²) in [4.78, 5) is 4.58. The van der Waals surface area contributed by atoms with Crippen LogP contribution >= 0.6 is 0 Å². The van der Waals surface area contributed by atoms with E-state index in [1.807, 2.05) is 7.05 Å². The van der Waals surface area contributed by atoms with E-state index in [0.29, 0.717) is 17.4 Å². The molecule has 1 unspecified atom stereocenters. The molecule has 1 atom stereocenters. The molecule has 1 fully saturated rings. The van der Waals surface area contributed by atoms with E-state index in [2.05, 4.69) is 36.2 Å². The van der Waals surface area contributed by atoms with Crippen molar-refractivity contribution in [2.45, 2.75) is 71.3 Å². The van der Waals surface area contributed by atoms with Crippen LogP contribution in [0.15, 0.2) is 4.52 Å². The first kappa shape index (κ1) is 14.5. The van der Waals surface area contributed by atoms with Gasteiger partial charge in [-0.3, -0.25) is 0 Å². The van der Waals surface area contributed by atoms with Gasteiger partial charge in [-0.1, -0.05) is 19.0 Å². The van der Waals surface area contributed by atoms with E-state index in [1.165, 1.54) is 25.7 Å². The van der Waals surface area contributed by atoms with Crippen LogP contribution in [-0.2, 0) is 6.42 Å². The van der Waals surface area contributed by atoms with Crippen molar-refractivity contribution in [3.05, 3.63) is 11.7 Å². The molecule has 0 saturated heterocycles. The first-order valence-electron chi connectivity index (χ1n) is 7.50. The highest BCUT2D eigenvalue weighted by Gasteiger charge is 2.30. The maximum absolute atomic E-state index is 5.38. The summed E-state index contributed by atoms with van der Waals surface area (Å²) < 4.78 is 5.38.